The van der Waals surface area contributed by atoms with Gasteiger partial charge in [0.2, 0.25) is 0 Å². The topological polar surface area (TPSA) is 33.1 Å². The third-order valence-electron chi connectivity index (χ3n) is 4.99. The highest BCUT2D eigenvalue weighted by Gasteiger charge is 2.26. The average molecular weight is 304 g/mol. The van der Waals surface area contributed by atoms with E-state index >= 15 is 0 Å². The van der Waals surface area contributed by atoms with Crippen molar-refractivity contribution in [1.82, 2.24) is 20.0 Å². The second-order valence-corrected chi connectivity index (χ2v) is 8.33. The van der Waals surface area contributed by atoms with E-state index in [1.54, 1.807) is 0 Å². The molecule has 22 heavy (non-hydrogen) atoms. The zero-order valence-corrected chi connectivity index (χ0v) is 14.7. The maximum Gasteiger partial charge on any atom is 0.0722 e. The molecule has 1 saturated carbocycles. The lowest BCUT2D eigenvalue weighted by Crippen LogP contribution is -2.42. The second kappa shape index (κ2) is 6.32. The van der Waals surface area contributed by atoms with E-state index in [0.717, 1.165) is 18.5 Å². The molecule has 124 valence electrons. The first-order valence-electron chi connectivity index (χ1n) is 8.90. The molecule has 1 aromatic heterocycles. The Morgan fingerprint density at radius 2 is 1.86 bits per heavy atom. The van der Waals surface area contributed by atoms with Gasteiger partial charge in [-0.15, -0.1) is 0 Å². The molecule has 2 heterocycles. The van der Waals surface area contributed by atoms with Gasteiger partial charge in [-0.3, -0.25) is 9.58 Å². The minimum absolute atomic E-state index is 0.126. The van der Waals surface area contributed by atoms with Crippen molar-refractivity contribution >= 4 is 0 Å². The summed E-state index contributed by atoms with van der Waals surface area (Å²) in [6.45, 7) is 11.5. The molecule has 0 spiro atoms. The van der Waals surface area contributed by atoms with Crippen LogP contribution in [0.2, 0.25) is 0 Å². The Bertz CT molecular complexity index is 488. The first-order chi connectivity index (χ1) is 10.4. The lowest BCUT2D eigenvalue weighted by atomic mass is 9.89. The van der Waals surface area contributed by atoms with Crippen LogP contribution in [0.3, 0.4) is 0 Å². The SMILES string of the molecule is Cn1cc(CN2CCC(NCC3CC3)CC2)c(C(C)(C)C)n1. The standard InChI is InChI=1S/C18H32N4/c1-18(2,3)17-15(12-21(4)20-17)13-22-9-7-16(8-10-22)19-11-14-5-6-14/h12,14,16,19H,5-11,13H2,1-4H3. The monoisotopic (exact) mass is 304 g/mol. The van der Waals surface area contributed by atoms with Crippen molar-refractivity contribution in [2.75, 3.05) is 19.6 Å². The number of likely N-dealkylation sites (tertiary alicyclic amines) is 1. The predicted octanol–water partition coefficient (Wildman–Crippen LogP) is 2.68. The molecule has 2 fully saturated rings. The fraction of sp³-hybridized carbons (Fsp3) is 0.833. The van der Waals surface area contributed by atoms with Gasteiger partial charge < -0.3 is 5.32 Å². The highest BCUT2D eigenvalue weighted by atomic mass is 15.3. The van der Waals surface area contributed by atoms with Crippen LogP contribution >= 0.6 is 0 Å². The van der Waals surface area contributed by atoms with Gasteiger partial charge in [-0.25, -0.2) is 0 Å². The van der Waals surface area contributed by atoms with Gasteiger partial charge in [0.25, 0.3) is 0 Å². The van der Waals surface area contributed by atoms with Crippen molar-refractivity contribution < 1.29 is 0 Å². The lowest BCUT2D eigenvalue weighted by molar-refractivity contribution is 0.189. The Kier molecular flexibility index (Phi) is 4.60. The van der Waals surface area contributed by atoms with E-state index in [0.29, 0.717) is 0 Å². The Morgan fingerprint density at radius 3 is 2.45 bits per heavy atom. The molecule has 2 aliphatic rings. The zero-order chi connectivity index (χ0) is 15.7. The van der Waals surface area contributed by atoms with Gasteiger partial charge in [0.15, 0.2) is 0 Å². The Morgan fingerprint density at radius 1 is 1.18 bits per heavy atom. The molecule has 4 nitrogen and oxygen atoms in total. The lowest BCUT2D eigenvalue weighted by Gasteiger charge is -2.33. The van der Waals surface area contributed by atoms with E-state index in [9.17, 15) is 0 Å². The van der Waals surface area contributed by atoms with E-state index < -0.39 is 0 Å². The summed E-state index contributed by atoms with van der Waals surface area (Å²) in [7, 11) is 2.03. The molecular weight excluding hydrogens is 272 g/mol. The maximum absolute atomic E-state index is 4.70. The molecule has 0 bridgehead atoms. The second-order valence-electron chi connectivity index (χ2n) is 8.33. The summed E-state index contributed by atoms with van der Waals surface area (Å²) in [5.74, 6) is 0.989. The zero-order valence-electron chi connectivity index (χ0n) is 14.7. The van der Waals surface area contributed by atoms with Crippen molar-refractivity contribution in [3.05, 3.63) is 17.5 Å². The summed E-state index contributed by atoms with van der Waals surface area (Å²) in [6, 6.07) is 0.743. The van der Waals surface area contributed by atoms with Crippen LogP contribution in [-0.2, 0) is 19.0 Å². The minimum atomic E-state index is 0.126. The van der Waals surface area contributed by atoms with Gasteiger partial charge in [0.05, 0.1) is 5.69 Å². The fourth-order valence-electron chi connectivity index (χ4n) is 3.48. The third kappa shape index (κ3) is 4.11. The molecule has 3 rings (SSSR count). The average Bonchev–Trinajstić information content (AvgIpc) is 3.20. The molecule has 0 radical (unpaired) electrons. The molecule has 0 aromatic carbocycles. The van der Waals surface area contributed by atoms with Gasteiger partial charge in [0.1, 0.15) is 0 Å². The van der Waals surface area contributed by atoms with E-state index in [4.69, 9.17) is 5.10 Å². The van der Waals surface area contributed by atoms with Crippen molar-refractivity contribution in [3.8, 4) is 0 Å². The number of nitrogens with zero attached hydrogens (tertiary/aromatic N) is 3. The van der Waals surface area contributed by atoms with Gasteiger partial charge in [-0.1, -0.05) is 20.8 Å². The molecule has 1 N–H and O–H groups in total. The number of nitrogens with one attached hydrogen (secondary N) is 1. The number of aryl methyl sites for hydroxylation is 1. The Balaban J connectivity index is 1.52. The molecule has 4 heteroatoms. The van der Waals surface area contributed by atoms with Crippen molar-refractivity contribution in [2.24, 2.45) is 13.0 Å². The molecule has 0 amide bonds. The van der Waals surface area contributed by atoms with E-state index in [-0.39, 0.29) is 5.41 Å². The molecule has 1 aromatic rings. The van der Waals surface area contributed by atoms with Gasteiger partial charge in [0, 0.05) is 36.8 Å². The van der Waals surface area contributed by atoms with E-state index in [2.05, 4.69) is 37.2 Å². The summed E-state index contributed by atoms with van der Waals surface area (Å²) in [4.78, 5) is 2.60. The Hall–Kier alpha value is -0.870. The first kappa shape index (κ1) is 16.0. The first-order valence-corrected chi connectivity index (χ1v) is 8.90. The Labute approximate surface area is 135 Å². The van der Waals surface area contributed by atoms with E-state index in [1.807, 2.05) is 11.7 Å². The molecule has 0 unspecified atom stereocenters. The van der Waals surface area contributed by atoms with Crippen LogP contribution in [0.15, 0.2) is 6.20 Å². The quantitative estimate of drug-likeness (QED) is 0.908. The van der Waals surface area contributed by atoms with Crippen molar-refractivity contribution in [2.45, 2.75) is 64.5 Å². The minimum Gasteiger partial charge on any atom is -0.314 e. The maximum atomic E-state index is 4.70. The fourth-order valence-corrected chi connectivity index (χ4v) is 3.48. The van der Waals surface area contributed by atoms with Crippen LogP contribution in [0.4, 0.5) is 0 Å². The van der Waals surface area contributed by atoms with Crippen LogP contribution < -0.4 is 5.32 Å². The number of aromatic nitrogens is 2. The number of rotatable bonds is 5. The summed E-state index contributed by atoms with van der Waals surface area (Å²) in [6.07, 6.45) is 7.68. The number of piperidine rings is 1. The molecule has 0 atom stereocenters. The molecule has 1 saturated heterocycles. The van der Waals surface area contributed by atoms with Gasteiger partial charge in [-0.2, -0.15) is 5.10 Å². The van der Waals surface area contributed by atoms with Crippen LogP contribution in [0.1, 0.15) is 57.7 Å². The summed E-state index contributed by atoms with van der Waals surface area (Å²) < 4.78 is 1.97. The van der Waals surface area contributed by atoms with Crippen LogP contribution in [0.25, 0.3) is 0 Å². The summed E-state index contributed by atoms with van der Waals surface area (Å²) >= 11 is 0. The largest absolute Gasteiger partial charge is 0.314 e. The molecular formula is C18H32N4. The summed E-state index contributed by atoms with van der Waals surface area (Å²) in [5, 5.41) is 8.46. The van der Waals surface area contributed by atoms with Crippen LogP contribution in [0, 0.1) is 5.92 Å². The highest BCUT2D eigenvalue weighted by Crippen LogP contribution is 2.28. The molecule has 1 aliphatic carbocycles. The van der Waals surface area contributed by atoms with Crippen LogP contribution in [-0.4, -0.2) is 40.4 Å². The van der Waals surface area contributed by atoms with E-state index in [1.165, 1.54) is 56.6 Å². The number of hydrogen-bond donors (Lipinski definition) is 1. The van der Waals surface area contributed by atoms with Crippen molar-refractivity contribution in [1.29, 1.82) is 0 Å². The van der Waals surface area contributed by atoms with Gasteiger partial charge in [-0.05, 0) is 51.2 Å². The van der Waals surface area contributed by atoms with Crippen molar-refractivity contribution in [3.63, 3.8) is 0 Å². The predicted molar refractivity (Wildman–Crippen MR) is 90.9 cm³/mol. The normalized spacial score (nSPS) is 21.5. The third-order valence-corrected chi connectivity index (χ3v) is 4.99. The number of hydrogen-bond acceptors (Lipinski definition) is 3. The highest BCUT2D eigenvalue weighted by molar-refractivity contribution is 5.24. The van der Waals surface area contributed by atoms with Crippen LogP contribution in [0.5, 0.6) is 0 Å². The smallest absolute Gasteiger partial charge is 0.0722 e. The van der Waals surface area contributed by atoms with Gasteiger partial charge >= 0.3 is 0 Å². The molecule has 1 aliphatic heterocycles. The summed E-state index contributed by atoms with van der Waals surface area (Å²) in [5.41, 5.74) is 2.78.